The van der Waals surface area contributed by atoms with Gasteiger partial charge in [0.15, 0.2) is 0 Å². The van der Waals surface area contributed by atoms with Crippen molar-refractivity contribution in [3.8, 4) is 0 Å². The monoisotopic (exact) mass is 271 g/mol. The minimum atomic E-state index is -0.538. The van der Waals surface area contributed by atoms with Crippen LogP contribution < -0.4 is 5.32 Å². The summed E-state index contributed by atoms with van der Waals surface area (Å²) in [4.78, 5) is 12.4. The molecule has 1 N–H and O–H groups in total. The van der Waals surface area contributed by atoms with Gasteiger partial charge in [-0.15, -0.1) is 0 Å². The quantitative estimate of drug-likeness (QED) is 0.595. The van der Waals surface area contributed by atoms with E-state index in [1.54, 1.807) is 7.11 Å². The molecule has 0 radical (unpaired) electrons. The molecule has 0 bridgehead atoms. The average Bonchev–Trinajstić information content (AvgIpc) is 2.32. The van der Waals surface area contributed by atoms with Crippen LogP contribution in [0.2, 0.25) is 0 Å². The van der Waals surface area contributed by atoms with Crippen LogP contribution >= 0.6 is 0 Å². The van der Waals surface area contributed by atoms with E-state index in [4.69, 9.17) is 9.47 Å². The van der Waals surface area contributed by atoms with Crippen molar-refractivity contribution in [2.45, 2.75) is 52.5 Å². The van der Waals surface area contributed by atoms with E-state index in [1.807, 2.05) is 6.92 Å². The Kier molecular flexibility index (Phi) is 5.81. The van der Waals surface area contributed by atoms with E-state index in [0.717, 1.165) is 19.3 Å². The van der Waals surface area contributed by atoms with Crippen LogP contribution in [0.3, 0.4) is 0 Å². The van der Waals surface area contributed by atoms with Crippen LogP contribution in [-0.4, -0.2) is 38.4 Å². The summed E-state index contributed by atoms with van der Waals surface area (Å²) in [6.07, 6.45) is 2.91. The number of methoxy groups -OCH3 is 1. The fraction of sp³-hybridized carbons (Fsp3) is 0.933. The van der Waals surface area contributed by atoms with E-state index in [2.05, 4.69) is 26.1 Å². The summed E-state index contributed by atoms with van der Waals surface area (Å²) in [5.41, 5.74) is -0.234. The number of carbonyl (C=O) groups is 1. The Labute approximate surface area is 117 Å². The van der Waals surface area contributed by atoms with Gasteiger partial charge in [-0.1, -0.05) is 20.8 Å². The highest BCUT2D eigenvalue weighted by Crippen LogP contribution is 2.44. The third-order valence-electron chi connectivity index (χ3n) is 4.28. The van der Waals surface area contributed by atoms with Gasteiger partial charge in [0.1, 0.15) is 5.54 Å². The van der Waals surface area contributed by atoms with Crippen LogP contribution in [0.4, 0.5) is 0 Å². The molecular weight excluding hydrogens is 242 g/mol. The summed E-state index contributed by atoms with van der Waals surface area (Å²) in [5.74, 6) is 0.168. The van der Waals surface area contributed by atoms with Crippen molar-refractivity contribution in [2.75, 3.05) is 26.9 Å². The van der Waals surface area contributed by atoms with Gasteiger partial charge in [-0.25, -0.2) is 0 Å². The highest BCUT2D eigenvalue weighted by molar-refractivity contribution is 5.81. The fourth-order valence-corrected chi connectivity index (χ4v) is 3.16. The summed E-state index contributed by atoms with van der Waals surface area (Å²) in [7, 11) is 1.67. The molecule has 2 unspecified atom stereocenters. The summed E-state index contributed by atoms with van der Waals surface area (Å²) in [6.45, 7) is 10.3. The molecule has 0 aromatic carbocycles. The second-order valence-electron chi connectivity index (χ2n) is 6.38. The van der Waals surface area contributed by atoms with Gasteiger partial charge in [0.05, 0.1) is 13.2 Å². The predicted molar refractivity (Wildman–Crippen MR) is 76.0 cm³/mol. The molecule has 0 saturated heterocycles. The molecule has 4 nitrogen and oxygen atoms in total. The maximum atomic E-state index is 12.4. The zero-order chi connectivity index (χ0) is 14.5. The molecule has 1 aliphatic carbocycles. The minimum absolute atomic E-state index is 0.103. The molecule has 112 valence electrons. The Morgan fingerprint density at radius 2 is 2.05 bits per heavy atom. The molecular formula is C15H29NO3. The third-order valence-corrected chi connectivity index (χ3v) is 4.28. The van der Waals surface area contributed by atoms with Crippen molar-refractivity contribution in [2.24, 2.45) is 11.3 Å². The molecule has 4 heteroatoms. The van der Waals surface area contributed by atoms with Crippen molar-refractivity contribution in [1.29, 1.82) is 0 Å². The zero-order valence-corrected chi connectivity index (χ0v) is 13.0. The molecule has 0 aromatic rings. The van der Waals surface area contributed by atoms with Crippen LogP contribution in [0.15, 0.2) is 0 Å². The average molecular weight is 271 g/mol. The normalized spacial score (nSPS) is 30.1. The Hall–Kier alpha value is -0.610. The number of carbonyl (C=O) groups excluding carboxylic acids is 1. The van der Waals surface area contributed by atoms with Gasteiger partial charge < -0.3 is 9.47 Å². The van der Waals surface area contributed by atoms with Crippen molar-refractivity contribution < 1.29 is 14.3 Å². The number of nitrogens with one attached hydrogen (secondary N) is 1. The Bertz CT molecular complexity index is 304. The zero-order valence-electron chi connectivity index (χ0n) is 13.0. The Morgan fingerprint density at radius 1 is 1.37 bits per heavy atom. The van der Waals surface area contributed by atoms with Crippen LogP contribution in [0.25, 0.3) is 0 Å². The summed E-state index contributed by atoms with van der Waals surface area (Å²) >= 11 is 0. The van der Waals surface area contributed by atoms with E-state index >= 15 is 0 Å². The van der Waals surface area contributed by atoms with Gasteiger partial charge >= 0.3 is 5.97 Å². The number of esters is 1. The van der Waals surface area contributed by atoms with E-state index in [1.165, 1.54) is 0 Å². The van der Waals surface area contributed by atoms with Gasteiger partial charge in [-0.05, 0) is 37.5 Å². The lowest BCUT2D eigenvalue weighted by molar-refractivity contribution is -0.157. The lowest BCUT2D eigenvalue weighted by Gasteiger charge is -2.47. The van der Waals surface area contributed by atoms with Gasteiger partial charge in [0.2, 0.25) is 0 Å². The standard InChI is InChI=1S/C15H29NO3/c1-6-19-13(17)15(16-9-10-18-5)8-7-14(3,4)11-12(15)2/h12,16H,6-11H2,1-5H3. The van der Waals surface area contributed by atoms with Crippen molar-refractivity contribution >= 4 is 5.97 Å². The van der Waals surface area contributed by atoms with Crippen LogP contribution in [0, 0.1) is 11.3 Å². The van der Waals surface area contributed by atoms with E-state index < -0.39 is 5.54 Å². The molecule has 0 aromatic heterocycles. The van der Waals surface area contributed by atoms with Crippen molar-refractivity contribution in [3.05, 3.63) is 0 Å². The van der Waals surface area contributed by atoms with E-state index in [-0.39, 0.29) is 11.9 Å². The number of hydrogen-bond donors (Lipinski definition) is 1. The third kappa shape index (κ3) is 3.93. The molecule has 1 rings (SSSR count). The molecule has 1 fully saturated rings. The van der Waals surface area contributed by atoms with Crippen molar-refractivity contribution in [1.82, 2.24) is 5.32 Å². The minimum Gasteiger partial charge on any atom is -0.465 e. The first kappa shape index (κ1) is 16.4. The summed E-state index contributed by atoms with van der Waals surface area (Å²) in [5, 5.41) is 3.41. The second-order valence-corrected chi connectivity index (χ2v) is 6.38. The van der Waals surface area contributed by atoms with Crippen molar-refractivity contribution in [3.63, 3.8) is 0 Å². The van der Waals surface area contributed by atoms with Gasteiger partial charge in [-0.2, -0.15) is 0 Å². The van der Waals surface area contributed by atoms with E-state index in [0.29, 0.717) is 25.2 Å². The summed E-state index contributed by atoms with van der Waals surface area (Å²) in [6, 6.07) is 0. The topological polar surface area (TPSA) is 47.6 Å². The molecule has 0 aliphatic heterocycles. The summed E-state index contributed by atoms with van der Waals surface area (Å²) < 4.78 is 10.4. The largest absolute Gasteiger partial charge is 0.465 e. The Balaban J connectivity index is 2.83. The van der Waals surface area contributed by atoms with Crippen LogP contribution in [0.5, 0.6) is 0 Å². The van der Waals surface area contributed by atoms with Gasteiger partial charge in [0.25, 0.3) is 0 Å². The number of hydrogen-bond acceptors (Lipinski definition) is 4. The highest BCUT2D eigenvalue weighted by Gasteiger charge is 2.49. The molecule has 0 heterocycles. The SMILES string of the molecule is CCOC(=O)C1(NCCOC)CCC(C)(C)CC1C. The Morgan fingerprint density at radius 3 is 2.58 bits per heavy atom. The number of ether oxygens (including phenoxy) is 2. The smallest absolute Gasteiger partial charge is 0.326 e. The lowest BCUT2D eigenvalue weighted by atomic mass is 9.63. The predicted octanol–water partition coefficient (Wildman–Crippen LogP) is 2.37. The maximum Gasteiger partial charge on any atom is 0.326 e. The molecule has 19 heavy (non-hydrogen) atoms. The van der Waals surface area contributed by atoms with Gasteiger partial charge in [0, 0.05) is 13.7 Å². The fourth-order valence-electron chi connectivity index (χ4n) is 3.16. The first-order valence-corrected chi connectivity index (χ1v) is 7.29. The lowest BCUT2D eigenvalue weighted by Crippen LogP contribution is -2.61. The molecule has 1 saturated carbocycles. The molecule has 0 spiro atoms. The first-order valence-electron chi connectivity index (χ1n) is 7.29. The van der Waals surface area contributed by atoms with E-state index in [9.17, 15) is 4.79 Å². The second kappa shape index (κ2) is 6.71. The molecule has 2 atom stereocenters. The van der Waals surface area contributed by atoms with Crippen LogP contribution in [0.1, 0.15) is 47.0 Å². The van der Waals surface area contributed by atoms with Gasteiger partial charge in [-0.3, -0.25) is 10.1 Å². The first-order chi connectivity index (χ1) is 8.88. The number of rotatable bonds is 6. The molecule has 0 amide bonds. The highest BCUT2D eigenvalue weighted by atomic mass is 16.5. The maximum absolute atomic E-state index is 12.4. The molecule has 1 aliphatic rings. The van der Waals surface area contributed by atoms with Crippen LogP contribution in [-0.2, 0) is 14.3 Å².